The van der Waals surface area contributed by atoms with E-state index in [1.165, 1.54) is 0 Å². The van der Waals surface area contributed by atoms with E-state index in [1.807, 2.05) is 7.05 Å². The molecule has 1 saturated heterocycles. The number of nitrogens with zero attached hydrogens (tertiary/aromatic N) is 1. The van der Waals surface area contributed by atoms with Gasteiger partial charge in [0.2, 0.25) is 0 Å². The normalized spacial score (nSPS) is 21.1. The largest absolute Gasteiger partial charge is 0.481 e. The summed E-state index contributed by atoms with van der Waals surface area (Å²) in [5.41, 5.74) is 0. The van der Waals surface area contributed by atoms with E-state index >= 15 is 0 Å². The van der Waals surface area contributed by atoms with E-state index in [0.29, 0.717) is 12.3 Å². The second-order valence-electron chi connectivity index (χ2n) is 3.53. The number of hydrogen-bond donors (Lipinski definition) is 2. The number of rotatable bonds is 2. The molecule has 1 aliphatic rings. The Balaban J connectivity index is 0.000000364. The molecule has 14 heavy (non-hydrogen) atoms. The topological polar surface area (TPSA) is 77.8 Å². The zero-order valence-corrected chi connectivity index (χ0v) is 8.56. The molecular formula is C9H17NO4. The number of carboxylic acid groups (broad SMARTS) is 2. The first-order chi connectivity index (χ1) is 6.41. The van der Waals surface area contributed by atoms with Crippen LogP contribution >= 0.6 is 0 Å². The molecule has 1 fully saturated rings. The van der Waals surface area contributed by atoms with Gasteiger partial charge in [-0.15, -0.1) is 0 Å². The molecule has 5 heteroatoms. The van der Waals surface area contributed by atoms with Gasteiger partial charge in [-0.1, -0.05) is 0 Å². The number of hydrogen-bond acceptors (Lipinski definition) is 3. The summed E-state index contributed by atoms with van der Waals surface area (Å²) in [7, 11) is 2.03. The highest BCUT2D eigenvalue weighted by Gasteiger charge is 2.21. The maximum Gasteiger partial charge on any atom is 0.303 e. The van der Waals surface area contributed by atoms with Crippen LogP contribution in [-0.4, -0.2) is 47.2 Å². The summed E-state index contributed by atoms with van der Waals surface area (Å²) in [6.45, 7) is 3.09. The van der Waals surface area contributed by atoms with Gasteiger partial charge in [0.1, 0.15) is 0 Å². The van der Waals surface area contributed by atoms with Gasteiger partial charge in [0.25, 0.3) is 5.97 Å². The van der Waals surface area contributed by atoms with Crippen LogP contribution in [0.1, 0.15) is 19.8 Å². The fourth-order valence-corrected chi connectivity index (χ4v) is 1.44. The van der Waals surface area contributed by atoms with Crippen molar-refractivity contribution in [1.82, 2.24) is 4.90 Å². The molecular weight excluding hydrogens is 186 g/mol. The zero-order chi connectivity index (χ0) is 11.1. The Morgan fingerprint density at radius 2 is 1.93 bits per heavy atom. The molecule has 0 aromatic carbocycles. The zero-order valence-electron chi connectivity index (χ0n) is 8.56. The lowest BCUT2D eigenvalue weighted by atomic mass is 10.1. The van der Waals surface area contributed by atoms with Gasteiger partial charge < -0.3 is 15.1 Å². The van der Waals surface area contributed by atoms with Crippen molar-refractivity contribution in [3.05, 3.63) is 0 Å². The van der Waals surface area contributed by atoms with Crippen LogP contribution in [0.4, 0.5) is 0 Å². The first-order valence-electron chi connectivity index (χ1n) is 4.51. The fourth-order valence-electron chi connectivity index (χ4n) is 1.44. The van der Waals surface area contributed by atoms with Crippen LogP contribution in [0.3, 0.4) is 0 Å². The molecule has 0 spiro atoms. The van der Waals surface area contributed by atoms with Gasteiger partial charge in [-0.3, -0.25) is 9.59 Å². The highest BCUT2D eigenvalue weighted by atomic mass is 16.4. The second-order valence-corrected chi connectivity index (χ2v) is 3.53. The van der Waals surface area contributed by atoms with E-state index in [2.05, 4.69) is 4.90 Å². The Labute approximate surface area is 83.3 Å². The number of likely N-dealkylation sites (tertiary alicyclic amines) is 1. The van der Waals surface area contributed by atoms with Crippen LogP contribution in [-0.2, 0) is 9.59 Å². The van der Waals surface area contributed by atoms with E-state index in [1.54, 1.807) is 0 Å². The summed E-state index contributed by atoms with van der Waals surface area (Å²) in [5, 5.41) is 15.9. The Morgan fingerprint density at radius 1 is 1.43 bits per heavy atom. The van der Waals surface area contributed by atoms with Crippen molar-refractivity contribution in [1.29, 1.82) is 0 Å². The predicted octanol–water partition coefficient (Wildman–Crippen LogP) is 0.504. The van der Waals surface area contributed by atoms with Crippen LogP contribution < -0.4 is 0 Å². The third-order valence-corrected chi connectivity index (χ3v) is 1.95. The minimum Gasteiger partial charge on any atom is -0.481 e. The second kappa shape index (κ2) is 6.37. The Kier molecular flexibility index (Phi) is 5.87. The average molecular weight is 203 g/mol. The summed E-state index contributed by atoms with van der Waals surface area (Å²) in [5.74, 6) is -1.11. The predicted molar refractivity (Wildman–Crippen MR) is 51.2 cm³/mol. The highest BCUT2D eigenvalue weighted by molar-refractivity contribution is 5.67. The average Bonchev–Trinajstić information content (AvgIpc) is 2.32. The minimum atomic E-state index is -0.833. The number of carbonyl (C=O) groups is 2. The summed E-state index contributed by atoms with van der Waals surface area (Å²) in [6.07, 6.45) is 1.38. The van der Waals surface area contributed by atoms with Crippen molar-refractivity contribution < 1.29 is 19.8 Å². The molecule has 1 atom stereocenters. The molecule has 0 amide bonds. The van der Waals surface area contributed by atoms with Crippen LogP contribution in [0.2, 0.25) is 0 Å². The van der Waals surface area contributed by atoms with Crippen molar-refractivity contribution in [2.24, 2.45) is 5.92 Å². The third-order valence-electron chi connectivity index (χ3n) is 1.95. The molecule has 0 aromatic rings. The van der Waals surface area contributed by atoms with Crippen molar-refractivity contribution in [3.63, 3.8) is 0 Å². The fraction of sp³-hybridized carbons (Fsp3) is 0.778. The van der Waals surface area contributed by atoms with Crippen molar-refractivity contribution in [2.45, 2.75) is 19.8 Å². The smallest absolute Gasteiger partial charge is 0.303 e. The first-order valence-corrected chi connectivity index (χ1v) is 4.51. The first kappa shape index (κ1) is 12.9. The summed E-state index contributed by atoms with van der Waals surface area (Å²) >= 11 is 0. The van der Waals surface area contributed by atoms with E-state index in [0.717, 1.165) is 26.4 Å². The van der Waals surface area contributed by atoms with Crippen molar-refractivity contribution >= 4 is 11.9 Å². The summed E-state index contributed by atoms with van der Waals surface area (Å²) < 4.78 is 0. The lowest BCUT2D eigenvalue weighted by Gasteiger charge is -2.06. The monoisotopic (exact) mass is 203 g/mol. The molecule has 0 saturated carbocycles. The van der Waals surface area contributed by atoms with Gasteiger partial charge in [-0.2, -0.15) is 0 Å². The maximum atomic E-state index is 10.2. The van der Waals surface area contributed by atoms with E-state index < -0.39 is 11.9 Å². The van der Waals surface area contributed by atoms with Crippen molar-refractivity contribution in [2.75, 3.05) is 20.1 Å². The lowest BCUT2D eigenvalue weighted by Crippen LogP contribution is -2.15. The molecule has 1 aliphatic heterocycles. The molecule has 5 nitrogen and oxygen atoms in total. The van der Waals surface area contributed by atoms with Gasteiger partial charge in [-0.25, -0.2) is 0 Å². The summed E-state index contributed by atoms with van der Waals surface area (Å²) in [4.78, 5) is 21.4. The molecule has 1 rings (SSSR count). The van der Waals surface area contributed by atoms with E-state index in [4.69, 9.17) is 15.0 Å². The molecule has 2 N–H and O–H groups in total. The maximum absolute atomic E-state index is 10.2. The quantitative estimate of drug-likeness (QED) is 0.683. The van der Waals surface area contributed by atoms with Gasteiger partial charge in [0.15, 0.2) is 0 Å². The van der Waals surface area contributed by atoms with E-state index in [9.17, 15) is 4.79 Å². The minimum absolute atomic E-state index is 0.338. The molecule has 1 heterocycles. The molecule has 1 unspecified atom stereocenters. The Bertz CT molecular complexity index is 201. The van der Waals surface area contributed by atoms with Gasteiger partial charge >= 0.3 is 5.97 Å². The molecule has 0 bridgehead atoms. The SMILES string of the molecule is CC(=O)O.CN1CCC(CC(=O)O)C1. The Hall–Kier alpha value is -1.10. The van der Waals surface area contributed by atoms with Crippen LogP contribution in [0.25, 0.3) is 0 Å². The van der Waals surface area contributed by atoms with Crippen LogP contribution in [0.15, 0.2) is 0 Å². The highest BCUT2D eigenvalue weighted by Crippen LogP contribution is 2.17. The molecule has 0 aliphatic carbocycles. The van der Waals surface area contributed by atoms with Gasteiger partial charge in [0, 0.05) is 19.9 Å². The molecule has 82 valence electrons. The van der Waals surface area contributed by atoms with Crippen LogP contribution in [0.5, 0.6) is 0 Å². The third kappa shape index (κ3) is 7.54. The number of carboxylic acids is 2. The van der Waals surface area contributed by atoms with E-state index in [-0.39, 0.29) is 0 Å². The van der Waals surface area contributed by atoms with Crippen LogP contribution in [0, 0.1) is 5.92 Å². The molecule has 0 radical (unpaired) electrons. The standard InChI is InChI=1S/C7H13NO2.C2H4O2/c1-8-3-2-6(5-8)4-7(9)10;1-2(3)4/h6H,2-5H2,1H3,(H,9,10);1H3,(H,3,4). The summed E-state index contributed by atoms with van der Waals surface area (Å²) in [6, 6.07) is 0. The van der Waals surface area contributed by atoms with Crippen molar-refractivity contribution in [3.8, 4) is 0 Å². The van der Waals surface area contributed by atoms with Gasteiger partial charge in [0.05, 0.1) is 0 Å². The Morgan fingerprint density at radius 3 is 2.21 bits per heavy atom. The number of aliphatic carboxylic acids is 2. The lowest BCUT2D eigenvalue weighted by molar-refractivity contribution is -0.138. The van der Waals surface area contributed by atoms with Gasteiger partial charge in [-0.05, 0) is 25.9 Å². The molecule has 0 aromatic heterocycles.